The first kappa shape index (κ1) is 20.0. The normalized spacial score (nSPS) is 40.9. The van der Waals surface area contributed by atoms with Crippen LogP contribution in [0.2, 0.25) is 0 Å². The highest BCUT2D eigenvalue weighted by molar-refractivity contribution is 14.1. The van der Waals surface area contributed by atoms with E-state index in [4.69, 9.17) is 0 Å². The molecule has 1 aromatic rings. The van der Waals surface area contributed by atoms with Crippen LogP contribution in [0.3, 0.4) is 0 Å². The van der Waals surface area contributed by atoms with Crippen molar-refractivity contribution in [1.82, 2.24) is 0 Å². The summed E-state index contributed by atoms with van der Waals surface area (Å²) in [5.41, 5.74) is 1.13. The van der Waals surface area contributed by atoms with E-state index >= 15 is 0 Å². The number of allylic oxidation sites excluding steroid dienone is 4. The zero-order chi connectivity index (χ0) is 20.4. The number of rotatable bonds is 2. The average Bonchev–Trinajstić information content (AvgIpc) is 3.00. The van der Waals surface area contributed by atoms with Crippen LogP contribution >= 0.6 is 34.4 Å². The molecule has 0 heterocycles. The number of carbonyl (C=O) groups is 2. The molecule has 152 valence electrons. The SMILES string of the molecule is C[C@]12C=CC(=O)C=C1C[C@@H](Sc1ccc(I)cc1)[C@@H]1[C@@H]2CC[C@]2(C)C(=O)CC[C@@H]12. The Morgan fingerprint density at radius 3 is 2.59 bits per heavy atom. The molecule has 0 amide bonds. The Balaban J connectivity index is 1.56. The predicted molar refractivity (Wildman–Crippen MR) is 126 cm³/mol. The van der Waals surface area contributed by atoms with Crippen molar-refractivity contribution in [2.24, 2.45) is 28.6 Å². The number of hydrogen-bond donors (Lipinski definition) is 0. The fourth-order valence-electron chi connectivity index (χ4n) is 6.72. The van der Waals surface area contributed by atoms with Gasteiger partial charge in [-0.25, -0.2) is 0 Å². The summed E-state index contributed by atoms with van der Waals surface area (Å²) in [6.45, 7) is 4.58. The number of carbonyl (C=O) groups excluding carboxylic acids is 2. The molecule has 3 saturated carbocycles. The quantitative estimate of drug-likeness (QED) is 0.435. The third kappa shape index (κ3) is 3.12. The van der Waals surface area contributed by atoms with Gasteiger partial charge in [0.1, 0.15) is 5.78 Å². The molecule has 4 aliphatic carbocycles. The summed E-state index contributed by atoms with van der Waals surface area (Å²) in [7, 11) is 0. The number of thioether (sulfide) groups is 1. The van der Waals surface area contributed by atoms with Crippen LogP contribution in [0.5, 0.6) is 0 Å². The molecule has 5 rings (SSSR count). The first-order valence-electron chi connectivity index (χ1n) is 10.7. The molecule has 3 fully saturated rings. The lowest BCUT2D eigenvalue weighted by atomic mass is 9.48. The van der Waals surface area contributed by atoms with Gasteiger partial charge < -0.3 is 0 Å². The molecule has 0 bridgehead atoms. The van der Waals surface area contributed by atoms with E-state index in [-0.39, 0.29) is 16.6 Å². The highest BCUT2D eigenvalue weighted by Crippen LogP contribution is 2.65. The molecular formula is C25H27IO2S. The van der Waals surface area contributed by atoms with Gasteiger partial charge in [0.05, 0.1) is 0 Å². The lowest BCUT2D eigenvalue weighted by Crippen LogP contribution is -2.54. The number of halogens is 1. The van der Waals surface area contributed by atoms with E-state index in [0.29, 0.717) is 28.8 Å². The van der Waals surface area contributed by atoms with Crippen LogP contribution < -0.4 is 0 Å². The van der Waals surface area contributed by atoms with Gasteiger partial charge in [0.2, 0.25) is 0 Å². The topological polar surface area (TPSA) is 34.1 Å². The minimum atomic E-state index is -0.141. The number of fused-ring (bicyclic) bond motifs is 5. The van der Waals surface area contributed by atoms with Crippen LogP contribution in [0.25, 0.3) is 0 Å². The lowest BCUT2D eigenvalue weighted by Gasteiger charge is -2.58. The molecular weight excluding hydrogens is 491 g/mol. The van der Waals surface area contributed by atoms with Crippen LogP contribution in [-0.4, -0.2) is 16.8 Å². The zero-order valence-electron chi connectivity index (χ0n) is 17.0. The van der Waals surface area contributed by atoms with Crippen LogP contribution in [0, 0.1) is 32.2 Å². The van der Waals surface area contributed by atoms with Gasteiger partial charge in [-0.3, -0.25) is 9.59 Å². The maximum atomic E-state index is 12.8. The molecule has 6 atom stereocenters. The Kier molecular flexibility index (Phi) is 4.89. The predicted octanol–water partition coefficient (Wildman–Crippen LogP) is 6.24. The van der Waals surface area contributed by atoms with Crippen molar-refractivity contribution in [3.63, 3.8) is 0 Å². The summed E-state index contributed by atoms with van der Waals surface area (Å²) < 4.78 is 1.25. The standard InChI is InChI=1S/C25H27IO2S/c1-24-11-9-17(27)13-15(24)14-21(29-18-5-3-16(26)4-6-18)23-19-7-8-22(28)25(19,2)12-10-20(23)24/h3-6,9,11,13,19-21,23H,7-8,10,12,14H2,1-2H3/t19-,20-,21+,23-,24-,25-/m0/s1. The zero-order valence-corrected chi connectivity index (χ0v) is 20.0. The van der Waals surface area contributed by atoms with Crippen LogP contribution in [0.15, 0.2) is 53.0 Å². The first-order chi connectivity index (χ1) is 13.8. The van der Waals surface area contributed by atoms with Gasteiger partial charge in [0.15, 0.2) is 5.78 Å². The third-order valence-corrected chi connectivity index (χ3v) is 10.4. The fraction of sp³-hybridized carbons (Fsp3) is 0.520. The largest absolute Gasteiger partial charge is 0.299 e. The molecule has 4 aliphatic rings. The number of hydrogen-bond acceptors (Lipinski definition) is 3. The first-order valence-corrected chi connectivity index (χ1v) is 12.7. The molecule has 0 unspecified atom stereocenters. The highest BCUT2D eigenvalue weighted by Gasteiger charge is 2.61. The van der Waals surface area contributed by atoms with Gasteiger partial charge in [-0.1, -0.05) is 25.5 Å². The second kappa shape index (κ2) is 7.08. The maximum Gasteiger partial charge on any atom is 0.178 e. The van der Waals surface area contributed by atoms with Crippen molar-refractivity contribution in [3.8, 4) is 0 Å². The van der Waals surface area contributed by atoms with Gasteiger partial charge in [-0.15, -0.1) is 11.8 Å². The number of Topliss-reactive ketones (excluding diaryl/α,β-unsaturated/α-hetero) is 1. The average molecular weight is 518 g/mol. The van der Waals surface area contributed by atoms with Crippen molar-refractivity contribution < 1.29 is 9.59 Å². The van der Waals surface area contributed by atoms with Gasteiger partial charge in [0.25, 0.3) is 0 Å². The molecule has 0 radical (unpaired) electrons. The minimum Gasteiger partial charge on any atom is -0.299 e. The van der Waals surface area contributed by atoms with Crippen molar-refractivity contribution in [1.29, 1.82) is 0 Å². The van der Waals surface area contributed by atoms with Crippen LogP contribution in [0.4, 0.5) is 0 Å². The highest BCUT2D eigenvalue weighted by atomic mass is 127. The van der Waals surface area contributed by atoms with Crippen molar-refractivity contribution in [2.75, 3.05) is 0 Å². The van der Waals surface area contributed by atoms with Crippen molar-refractivity contribution in [2.45, 2.75) is 56.1 Å². The molecule has 29 heavy (non-hydrogen) atoms. The second-order valence-electron chi connectivity index (χ2n) is 9.71. The minimum absolute atomic E-state index is 0.0331. The molecule has 0 aromatic heterocycles. The maximum absolute atomic E-state index is 12.8. The van der Waals surface area contributed by atoms with Crippen molar-refractivity contribution in [3.05, 3.63) is 51.6 Å². The van der Waals surface area contributed by atoms with E-state index in [1.807, 2.05) is 17.8 Å². The Bertz CT molecular complexity index is 933. The van der Waals surface area contributed by atoms with Gasteiger partial charge in [-0.05, 0) is 102 Å². The molecule has 0 aliphatic heterocycles. The van der Waals surface area contributed by atoms with E-state index in [2.05, 4.69) is 66.8 Å². The molecule has 2 nitrogen and oxygen atoms in total. The Labute approximate surface area is 191 Å². The lowest BCUT2D eigenvalue weighted by molar-refractivity contribution is -0.131. The van der Waals surface area contributed by atoms with E-state index < -0.39 is 0 Å². The van der Waals surface area contributed by atoms with Gasteiger partial charge in [-0.2, -0.15) is 0 Å². The van der Waals surface area contributed by atoms with E-state index in [1.165, 1.54) is 14.0 Å². The molecule has 4 heteroatoms. The Morgan fingerprint density at radius 2 is 1.83 bits per heavy atom. The van der Waals surface area contributed by atoms with Gasteiger partial charge >= 0.3 is 0 Å². The smallest absolute Gasteiger partial charge is 0.178 e. The van der Waals surface area contributed by atoms with Gasteiger partial charge in [0, 0.05) is 31.0 Å². The summed E-state index contributed by atoms with van der Waals surface area (Å²) >= 11 is 4.32. The number of ketones is 2. The Morgan fingerprint density at radius 1 is 1.07 bits per heavy atom. The fourth-order valence-corrected chi connectivity index (χ4v) is 8.53. The molecule has 1 aromatic carbocycles. The molecule has 0 saturated heterocycles. The molecule has 0 N–H and O–H groups in total. The van der Waals surface area contributed by atoms with Crippen LogP contribution in [0.1, 0.15) is 46.0 Å². The summed E-state index contributed by atoms with van der Waals surface area (Å²) in [6.07, 6.45) is 10.7. The monoisotopic (exact) mass is 518 g/mol. The summed E-state index contributed by atoms with van der Waals surface area (Å²) in [5, 5.41) is 0.425. The third-order valence-electron chi connectivity index (χ3n) is 8.37. The van der Waals surface area contributed by atoms with Crippen LogP contribution in [-0.2, 0) is 9.59 Å². The summed E-state index contributed by atoms with van der Waals surface area (Å²) in [5.74, 6) is 2.12. The second-order valence-corrected chi connectivity index (χ2v) is 12.3. The van der Waals surface area contributed by atoms with E-state index in [9.17, 15) is 9.59 Å². The van der Waals surface area contributed by atoms with Crippen molar-refractivity contribution >= 4 is 45.9 Å². The Hall–Kier alpha value is -0.880. The van der Waals surface area contributed by atoms with E-state index in [1.54, 1.807) is 6.08 Å². The molecule has 0 spiro atoms. The summed E-state index contributed by atoms with van der Waals surface area (Å²) in [4.78, 5) is 26.3. The summed E-state index contributed by atoms with van der Waals surface area (Å²) in [6, 6.07) is 8.78. The number of benzene rings is 1. The van der Waals surface area contributed by atoms with E-state index in [0.717, 1.165) is 32.1 Å².